The summed E-state index contributed by atoms with van der Waals surface area (Å²) in [5.74, 6) is 0.375. The van der Waals surface area contributed by atoms with E-state index < -0.39 is 0 Å². The van der Waals surface area contributed by atoms with Crippen LogP contribution in [0.2, 0.25) is 0 Å². The topological polar surface area (TPSA) is 20.2 Å². The predicted octanol–water partition coefficient (Wildman–Crippen LogP) is 3.59. The zero-order valence-corrected chi connectivity index (χ0v) is 10.5. The smallest absolute Gasteiger partial charge is 0.0829 e. The zero-order valence-electron chi connectivity index (χ0n) is 9.67. The van der Waals surface area contributed by atoms with Crippen LogP contribution in [0, 0.1) is 5.92 Å². The van der Waals surface area contributed by atoms with E-state index in [4.69, 9.17) is 0 Å². The summed E-state index contributed by atoms with van der Waals surface area (Å²) in [4.78, 5) is 0. The van der Waals surface area contributed by atoms with Crippen LogP contribution in [0.15, 0.2) is 41.1 Å². The number of aliphatic hydroxyl groups excluding tert-OH is 1. The summed E-state index contributed by atoms with van der Waals surface area (Å²) >= 11 is 1.66. The largest absolute Gasteiger partial charge is 0.388 e. The molecule has 1 nitrogen and oxygen atoms in total. The average Bonchev–Trinajstić information content (AvgIpc) is 2.91. The number of aryl methyl sites for hydroxylation is 1. The number of hydrogen-bond acceptors (Lipinski definition) is 2. The molecule has 0 spiro atoms. The lowest BCUT2D eigenvalue weighted by Gasteiger charge is -2.28. The van der Waals surface area contributed by atoms with Gasteiger partial charge in [0.15, 0.2) is 0 Å². The van der Waals surface area contributed by atoms with Gasteiger partial charge in [0.05, 0.1) is 6.10 Å². The van der Waals surface area contributed by atoms with Crippen LogP contribution in [0.25, 0.3) is 0 Å². The maximum absolute atomic E-state index is 10.4. The van der Waals surface area contributed by atoms with Crippen molar-refractivity contribution in [2.24, 2.45) is 5.92 Å². The highest BCUT2D eigenvalue weighted by molar-refractivity contribution is 7.07. The molecule has 0 radical (unpaired) electrons. The maximum Gasteiger partial charge on any atom is 0.0829 e. The average molecular weight is 244 g/mol. The molecule has 1 heterocycles. The van der Waals surface area contributed by atoms with Crippen molar-refractivity contribution >= 4 is 11.3 Å². The molecule has 2 heteroatoms. The third-order valence-electron chi connectivity index (χ3n) is 3.72. The first-order valence-electron chi connectivity index (χ1n) is 6.11. The van der Waals surface area contributed by atoms with Crippen LogP contribution in [-0.2, 0) is 12.8 Å². The van der Waals surface area contributed by atoms with Gasteiger partial charge < -0.3 is 5.11 Å². The van der Waals surface area contributed by atoms with E-state index in [1.165, 1.54) is 11.1 Å². The molecule has 3 rings (SSSR count). The molecule has 88 valence electrons. The molecule has 1 aromatic heterocycles. The Morgan fingerprint density at radius 1 is 1.18 bits per heavy atom. The normalized spacial score (nSPS) is 20.9. The van der Waals surface area contributed by atoms with Crippen molar-refractivity contribution in [3.8, 4) is 0 Å². The Labute approximate surface area is 106 Å². The lowest BCUT2D eigenvalue weighted by Crippen LogP contribution is -2.20. The second kappa shape index (κ2) is 4.63. The molecule has 2 aromatic rings. The molecule has 1 aromatic carbocycles. The van der Waals surface area contributed by atoms with E-state index in [9.17, 15) is 5.11 Å². The highest BCUT2D eigenvalue weighted by Crippen LogP contribution is 2.34. The minimum absolute atomic E-state index is 0.297. The molecular formula is C15H16OS. The first-order valence-corrected chi connectivity index (χ1v) is 7.06. The fraction of sp³-hybridized carbons (Fsp3) is 0.333. The number of fused-ring (bicyclic) bond motifs is 1. The zero-order chi connectivity index (χ0) is 11.7. The molecular weight excluding hydrogens is 228 g/mol. The minimum Gasteiger partial charge on any atom is -0.388 e. The Bertz CT molecular complexity index is 489. The van der Waals surface area contributed by atoms with Gasteiger partial charge in [0.2, 0.25) is 0 Å². The maximum atomic E-state index is 10.4. The molecule has 1 N–H and O–H groups in total. The van der Waals surface area contributed by atoms with Gasteiger partial charge in [-0.25, -0.2) is 0 Å². The monoisotopic (exact) mass is 244 g/mol. The summed E-state index contributed by atoms with van der Waals surface area (Å²) in [5, 5.41) is 14.5. The summed E-state index contributed by atoms with van der Waals surface area (Å²) in [6.07, 6.45) is 2.90. The highest BCUT2D eigenvalue weighted by Gasteiger charge is 2.25. The minimum atomic E-state index is -0.297. The number of hydrogen-bond donors (Lipinski definition) is 1. The Hall–Kier alpha value is -1.12. The van der Waals surface area contributed by atoms with Crippen LogP contribution in [0.4, 0.5) is 0 Å². The molecule has 0 bridgehead atoms. The number of rotatable bonds is 2. The molecule has 0 aliphatic heterocycles. The third-order valence-corrected chi connectivity index (χ3v) is 4.42. The van der Waals surface area contributed by atoms with Crippen LogP contribution in [-0.4, -0.2) is 5.11 Å². The van der Waals surface area contributed by atoms with Gasteiger partial charge >= 0.3 is 0 Å². The van der Waals surface area contributed by atoms with Crippen molar-refractivity contribution < 1.29 is 5.11 Å². The summed E-state index contributed by atoms with van der Waals surface area (Å²) in [7, 11) is 0. The van der Waals surface area contributed by atoms with Crippen LogP contribution >= 0.6 is 11.3 Å². The second-order valence-corrected chi connectivity index (χ2v) is 5.55. The van der Waals surface area contributed by atoms with E-state index in [0.717, 1.165) is 24.8 Å². The summed E-state index contributed by atoms with van der Waals surface area (Å²) < 4.78 is 0. The van der Waals surface area contributed by atoms with Crippen molar-refractivity contribution in [3.05, 3.63) is 57.8 Å². The van der Waals surface area contributed by atoms with Crippen molar-refractivity contribution in [3.63, 3.8) is 0 Å². The molecule has 0 amide bonds. The molecule has 1 aliphatic rings. The van der Waals surface area contributed by atoms with Gasteiger partial charge in [0.25, 0.3) is 0 Å². The van der Waals surface area contributed by atoms with Gasteiger partial charge in [0.1, 0.15) is 0 Å². The van der Waals surface area contributed by atoms with E-state index >= 15 is 0 Å². The summed E-state index contributed by atoms with van der Waals surface area (Å²) in [6, 6.07) is 10.6. The van der Waals surface area contributed by atoms with Crippen LogP contribution in [0.1, 0.15) is 29.2 Å². The predicted molar refractivity (Wildman–Crippen MR) is 71.2 cm³/mol. The molecule has 0 saturated carbocycles. The van der Waals surface area contributed by atoms with Crippen LogP contribution < -0.4 is 0 Å². The Morgan fingerprint density at radius 2 is 2.00 bits per heavy atom. The van der Waals surface area contributed by atoms with E-state index in [1.54, 1.807) is 11.3 Å². The Kier molecular flexibility index (Phi) is 3.00. The van der Waals surface area contributed by atoms with Crippen molar-refractivity contribution in [1.29, 1.82) is 0 Å². The van der Waals surface area contributed by atoms with E-state index in [1.807, 2.05) is 11.4 Å². The van der Waals surface area contributed by atoms with Gasteiger partial charge in [-0.1, -0.05) is 24.3 Å². The molecule has 2 atom stereocenters. The third kappa shape index (κ3) is 2.15. The second-order valence-electron chi connectivity index (χ2n) is 4.77. The number of aliphatic hydroxyl groups is 1. The lowest BCUT2D eigenvalue weighted by atomic mass is 9.80. The molecule has 2 unspecified atom stereocenters. The number of benzene rings is 1. The first kappa shape index (κ1) is 11.0. The Morgan fingerprint density at radius 3 is 2.76 bits per heavy atom. The fourth-order valence-corrected chi connectivity index (χ4v) is 3.40. The first-order chi connectivity index (χ1) is 8.34. The summed E-state index contributed by atoms with van der Waals surface area (Å²) in [5.41, 5.74) is 3.96. The van der Waals surface area contributed by atoms with Crippen LogP contribution in [0.5, 0.6) is 0 Å². The van der Waals surface area contributed by atoms with Gasteiger partial charge in [-0.2, -0.15) is 11.3 Å². The van der Waals surface area contributed by atoms with E-state index in [2.05, 4.69) is 29.6 Å². The van der Waals surface area contributed by atoms with Crippen molar-refractivity contribution in [2.45, 2.75) is 25.4 Å². The molecule has 17 heavy (non-hydrogen) atoms. The van der Waals surface area contributed by atoms with Gasteiger partial charge in [-0.3, -0.25) is 0 Å². The quantitative estimate of drug-likeness (QED) is 0.856. The highest BCUT2D eigenvalue weighted by atomic mass is 32.1. The van der Waals surface area contributed by atoms with E-state index in [0.29, 0.717) is 5.92 Å². The van der Waals surface area contributed by atoms with Gasteiger partial charge in [0, 0.05) is 0 Å². The van der Waals surface area contributed by atoms with Crippen molar-refractivity contribution in [2.75, 3.05) is 0 Å². The van der Waals surface area contributed by atoms with Gasteiger partial charge in [-0.15, -0.1) is 0 Å². The number of thiophene rings is 1. The van der Waals surface area contributed by atoms with Crippen molar-refractivity contribution in [1.82, 2.24) is 0 Å². The van der Waals surface area contributed by atoms with E-state index in [-0.39, 0.29) is 6.10 Å². The summed E-state index contributed by atoms with van der Waals surface area (Å²) in [6.45, 7) is 0. The molecule has 0 saturated heterocycles. The fourth-order valence-electron chi connectivity index (χ4n) is 2.71. The van der Waals surface area contributed by atoms with Gasteiger partial charge in [-0.05, 0) is 58.7 Å². The lowest BCUT2D eigenvalue weighted by molar-refractivity contribution is 0.0999. The van der Waals surface area contributed by atoms with Crippen LogP contribution in [0.3, 0.4) is 0 Å². The Balaban J connectivity index is 1.80. The SMILES string of the molecule is OC(c1ccsc1)C1CCc2ccccc2C1. The molecule has 1 aliphatic carbocycles. The standard InChI is InChI=1S/C15H16OS/c16-15(14-7-8-17-10-14)13-6-5-11-3-1-2-4-12(11)9-13/h1-4,7-8,10,13,15-16H,5-6,9H2. The molecule has 0 fully saturated rings.